The average molecular weight is 497 g/mol. The lowest BCUT2D eigenvalue weighted by Gasteiger charge is -2.28. The lowest BCUT2D eigenvalue weighted by molar-refractivity contribution is -0.135. The molecule has 2 aliphatic rings. The van der Waals surface area contributed by atoms with Crippen LogP contribution in [0.25, 0.3) is 6.08 Å². The van der Waals surface area contributed by atoms with Crippen molar-refractivity contribution in [2.75, 3.05) is 6.61 Å². The number of amides is 1. The zero-order chi connectivity index (χ0) is 22.9. The fourth-order valence-electron chi connectivity index (χ4n) is 4.69. The van der Waals surface area contributed by atoms with Gasteiger partial charge in [-0.2, -0.15) is 5.10 Å². The Labute approximate surface area is 207 Å². The number of hydrogen-bond acceptors (Lipinski definition) is 5. The fraction of sp³-hybridized carbons (Fsp3) is 0.308. The summed E-state index contributed by atoms with van der Waals surface area (Å²) in [7, 11) is 0. The minimum Gasteiger partial charge on any atom is -0.484 e. The Bertz CT molecular complexity index is 1190. The van der Waals surface area contributed by atoms with Crippen molar-refractivity contribution in [3.63, 3.8) is 0 Å². The van der Waals surface area contributed by atoms with Crippen LogP contribution in [0.15, 0.2) is 57.8 Å². The van der Waals surface area contributed by atoms with Crippen molar-refractivity contribution >= 4 is 52.0 Å². The molecule has 3 heterocycles. The van der Waals surface area contributed by atoms with Crippen molar-refractivity contribution in [1.29, 1.82) is 0 Å². The molecule has 0 radical (unpaired) electrons. The number of thiophene rings is 2. The van der Waals surface area contributed by atoms with E-state index in [4.69, 9.17) is 21.4 Å². The maximum absolute atomic E-state index is 13.4. The zero-order valence-corrected chi connectivity index (χ0v) is 21.0. The summed E-state index contributed by atoms with van der Waals surface area (Å²) in [5.74, 6) is 0.738. The minimum atomic E-state index is -0.129. The Morgan fingerprint density at radius 3 is 2.67 bits per heavy atom. The number of rotatable bonds is 5. The number of carbonyl (C=O) groups is 1. The van der Waals surface area contributed by atoms with Crippen LogP contribution in [0.1, 0.15) is 46.2 Å². The number of allylic oxidation sites excluding steroid dienone is 1. The summed E-state index contributed by atoms with van der Waals surface area (Å²) < 4.78 is 5.90. The molecule has 0 N–H and O–H groups in total. The second-order valence-electron chi connectivity index (χ2n) is 8.53. The van der Waals surface area contributed by atoms with E-state index >= 15 is 0 Å². The van der Waals surface area contributed by atoms with E-state index in [9.17, 15) is 4.79 Å². The van der Waals surface area contributed by atoms with E-state index in [2.05, 4.69) is 35.0 Å². The molecule has 4 nitrogen and oxygen atoms in total. The lowest BCUT2D eigenvalue weighted by atomic mass is 9.79. The van der Waals surface area contributed by atoms with E-state index in [1.807, 2.05) is 32.0 Å². The molecule has 1 amide bonds. The van der Waals surface area contributed by atoms with Gasteiger partial charge in [0.25, 0.3) is 5.91 Å². The lowest BCUT2D eigenvalue weighted by Crippen LogP contribution is -2.34. The molecule has 1 fully saturated rings. The first-order valence-electron chi connectivity index (χ1n) is 11.1. The van der Waals surface area contributed by atoms with Crippen molar-refractivity contribution in [2.24, 2.45) is 11.0 Å². The molecule has 33 heavy (non-hydrogen) atoms. The first kappa shape index (κ1) is 22.4. The summed E-state index contributed by atoms with van der Waals surface area (Å²) in [6, 6.07) is 12.0. The van der Waals surface area contributed by atoms with Gasteiger partial charge in [0.05, 0.1) is 11.8 Å². The van der Waals surface area contributed by atoms with Gasteiger partial charge >= 0.3 is 0 Å². The first-order valence-corrected chi connectivity index (χ1v) is 13.2. The highest BCUT2D eigenvalue weighted by atomic mass is 35.5. The Hall–Kier alpha value is -2.41. The van der Waals surface area contributed by atoms with Crippen molar-refractivity contribution in [1.82, 2.24) is 5.01 Å². The second-order valence-corrected chi connectivity index (χ2v) is 10.9. The van der Waals surface area contributed by atoms with E-state index in [1.165, 1.54) is 15.3 Å². The summed E-state index contributed by atoms with van der Waals surface area (Å²) in [5.41, 5.74) is 4.17. The minimum absolute atomic E-state index is 0.0597. The molecule has 1 saturated carbocycles. The highest BCUT2D eigenvalue weighted by molar-refractivity contribution is 7.11. The SMILES string of the molecule is Cc1cc(OCC(=O)N2N=C3/C(=C/c4cccs4)CCCC3C2c2cccs2)cc(C)c1Cl. The Kier molecular flexibility index (Phi) is 6.41. The van der Waals surface area contributed by atoms with Gasteiger partial charge in [0.15, 0.2) is 6.61 Å². The maximum Gasteiger partial charge on any atom is 0.281 e. The molecule has 2 unspecified atom stereocenters. The Morgan fingerprint density at radius 1 is 1.21 bits per heavy atom. The van der Waals surface area contributed by atoms with Gasteiger partial charge in [-0.3, -0.25) is 4.79 Å². The van der Waals surface area contributed by atoms with Crippen LogP contribution < -0.4 is 4.74 Å². The molecular weight excluding hydrogens is 472 g/mol. The fourth-order valence-corrected chi connectivity index (χ4v) is 6.36. The third-order valence-corrected chi connectivity index (χ3v) is 8.58. The topological polar surface area (TPSA) is 41.9 Å². The van der Waals surface area contributed by atoms with Gasteiger partial charge in [-0.05, 0) is 90.9 Å². The maximum atomic E-state index is 13.4. The number of hydrogen-bond donors (Lipinski definition) is 0. The smallest absolute Gasteiger partial charge is 0.281 e. The first-order chi connectivity index (χ1) is 16.0. The van der Waals surface area contributed by atoms with E-state index in [0.29, 0.717) is 5.75 Å². The van der Waals surface area contributed by atoms with Crippen LogP contribution in [-0.4, -0.2) is 23.2 Å². The highest BCUT2D eigenvalue weighted by Gasteiger charge is 2.44. The van der Waals surface area contributed by atoms with E-state index in [0.717, 1.165) is 41.1 Å². The molecule has 2 aromatic heterocycles. The molecule has 1 aliphatic carbocycles. The quantitative estimate of drug-likeness (QED) is 0.372. The number of nitrogens with zero attached hydrogens (tertiary/aromatic N) is 2. The van der Waals surface area contributed by atoms with Gasteiger partial charge in [-0.1, -0.05) is 23.7 Å². The summed E-state index contributed by atoms with van der Waals surface area (Å²) >= 11 is 9.68. The molecule has 3 aromatic rings. The predicted molar refractivity (Wildman–Crippen MR) is 137 cm³/mol. The largest absolute Gasteiger partial charge is 0.484 e. The monoisotopic (exact) mass is 496 g/mol. The molecule has 0 spiro atoms. The highest BCUT2D eigenvalue weighted by Crippen LogP contribution is 2.45. The Morgan fingerprint density at radius 2 is 1.97 bits per heavy atom. The normalized spacial score (nSPS) is 21.2. The standard InChI is InChI=1S/C26H25ClN2O2S2/c1-16-12-19(13-17(2)24(16)27)31-15-23(30)29-26(22-9-5-11-33-22)21-8-3-6-18(25(21)28-29)14-20-7-4-10-32-20/h4-5,7,9-14,21,26H,3,6,8,15H2,1-2H3/b18-14+. The number of carbonyl (C=O) groups excluding carboxylic acids is 1. The summed E-state index contributed by atoms with van der Waals surface area (Å²) in [4.78, 5) is 15.8. The molecule has 1 aromatic carbocycles. The predicted octanol–water partition coefficient (Wildman–Crippen LogP) is 7.28. The molecule has 1 aliphatic heterocycles. The van der Waals surface area contributed by atoms with Crippen LogP contribution in [0.3, 0.4) is 0 Å². The third-order valence-electron chi connectivity index (χ3n) is 6.22. The molecule has 0 saturated heterocycles. The van der Waals surface area contributed by atoms with Crippen LogP contribution in [0, 0.1) is 19.8 Å². The van der Waals surface area contributed by atoms with Crippen molar-refractivity contribution in [3.8, 4) is 5.75 Å². The van der Waals surface area contributed by atoms with Crippen molar-refractivity contribution < 1.29 is 9.53 Å². The van der Waals surface area contributed by atoms with Crippen LogP contribution in [0.4, 0.5) is 0 Å². The van der Waals surface area contributed by atoms with Crippen molar-refractivity contribution in [2.45, 2.75) is 39.2 Å². The number of hydrazone groups is 1. The number of halogens is 1. The number of benzene rings is 1. The van der Waals surface area contributed by atoms with E-state index in [1.54, 1.807) is 27.7 Å². The van der Waals surface area contributed by atoms with E-state index < -0.39 is 0 Å². The summed E-state index contributed by atoms with van der Waals surface area (Å²) in [6.45, 7) is 3.82. The average Bonchev–Trinajstić information content (AvgIpc) is 3.56. The van der Waals surface area contributed by atoms with Gasteiger partial charge in [-0.15, -0.1) is 22.7 Å². The Balaban J connectivity index is 1.42. The molecular formula is C26H25ClN2O2S2. The molecule has 0 bridgehead atoms. The van der Waals surface area contributed by atoms with Gasteiger partial charge in [0.1, 0.15) is 5.75 Å². The van der Waals surface area contributed by atoms with E-state index in [-0.39, 0.29) is 24.5 Å². The second kappa shape index (κ2) is 9.45. The third kappa shape index (κ3) is 4.52. The van der Waals surface area contributed by atoms with Gasteiger partial charge in [0.2, 0.25) is 0 Å². The van der Waals surface area contributed by atoms with Gasteiger partial charge in [-0.25, -0.2) is 5.01 Å². The summed E-state index contributed by atoms with van der Waals surface area (Å²) in [5, 5.41) is 11.5. The number of fused-ring (bicyclic) bond motifs is 1. The van der Waals surface area contributed by atoms with Gasteiger partial charge in [0, 0.05) is 20.7 Å². The van der Waals surface area contributed by atoms with Crippen molar-refractivity contribution in [3.05, 3.63) is 78.6 Å². The molecule has 7 heteroatoms. The van der Waals surface area contributed by atoms with Crippen LogP contribution in [-0.2, 0) is 4.79 Å². The van der Waals surface area contributed by atoms with Crippen LogP contribution in [0.5, 0.6) is 5.75 Å². The van der Waals surface area contributed by atoms with Crippen LogP contribution >= 0.6 is 34.3 Å². The number of aryl methyl sites for hydroxylation is 2. The zero-order valence-electron chi connectivity index (χ0n) is 18.6. The van der Waals surface area contributed by atoms with Gasteiger partial charge < -0.3 is 4.74 Å². The summed E-state index contributed by atoms with van der Waals surface area (Å²) in [6.07, 6.45) is 5.37. The molecule has 2 atom stereocenters. The number of ether oxygens (including phenoxy) is 1. The molecule has 5 rings (SSSR count). The van der Waals surface area contributed by atoms with Crippen LogP contribution in [0.2, 0.25) is 5.02 Å². The molecule has 170 valence electrons.